The molecule has 120 valence electrons. The molecule has 3 aromatic rings. The van der Waals surface area contributed by atoms with Crippen LogP contribution in [0.2, 0.25) is 5.02 Å². The molecule has 6 nitrogen and oxygen atoms in total. The number of halogens is 1. The first-order valence-electron chi connectivity index (χ1n) is 7.34. The Morgan fingerprint density at radius 3 is 2.57 bits per heavy atom. The van der Waals surface area contributed by atoms with Crippen molar-refractivity contribution in [3.63, 3.8) is 0 Å². The van der Waals surface area contributed by atoms with Crippen LogP contribution in [0, 0.1) is 13.8 Å². The van der Waals surface area contributed by atoms with Crippen molar-refractivity contribution >= 4 is 11.6 Å². The van der Waals surface area contributed by atoms with Gasteiger partial charge in [-0.2, -0.15) is 4.98 Å². The number of nitrogens with zero attached hydrogens (tertiary/aromatic N) is 3. The van der Waals surface area contributed by atoms with Crippen LogP contribution < -0.4 is 5.32 Å². The highest BCUT2D eigenvalue weighted by atomic mass is 35.5. The van der Waals surface area contributed by atoms with Crippen molar-refractivity contribution in [2.75, 3.05) is 6.54 Å². The predicted molar refractivity (Wildman–Crippen MR) is 86.1 cm³/mol. The van der Waals surface area contributed by atoms with Gasteiger partial charge < -0.3 is 14.4 Å². The molecule has 0 aliphatic carbocycles. The van der Waals surface area contributed by atoms with Crippen molar-refractivity contribution in [1.82, 2.24) is 20.6 Å². The number of aryl methyl sites for hydroxylation is 2. The summed E-state index contributed by atoms with van der Waals surface area (Å²) in [6.45, 7) is 5.28. The van der Waals surface area contributed by atoms with Gasteiger partial charge in [0.15, 0.2) is 0 Å². The summed E-state index contributed by atoms with van der Waals surface area (Å²) in [5.74, 6) is 2.02. The lowest BCUT2D eigenvalue weighted by molar-refractivity contribution is 0.376. The maximum Gasteiger partial charge on any atom is 0.228 e. The smallest absolute Gasteiger partial charge is 0.228 e. The van der Waals surface area contributed by atoms with Crippen molar-refractivity contribution in [3.8, 4) is 11.4 Å². The maximum atomic E-state index is 5.87. The van der Waals surface area contributed by atoms with Crippen molar-refractivity contribution < 1.29 is 9.05 Å². The molecular formula is C16H17ClN4O2. The Hall–Kier alpha value is -2.18. The number of benzene rings is 1. The largest absolute Gasteiger partial charge is 0.361 e. The first-order chi connectivity index (χ1) is 11.1. The molecule has 0 aliphatic rings. The quantitative estimate of drug-likeness (QED) is 0.698. The third-order valence-corrected chi connectivity index (χ3v) is 3.82. The molecule has 3 rings (SSSR count). The highest BCUT2D eigenvalue weighted by Crippen LogP contribution is 2.18. The molecule has 2 aromatic heterocycles. The first kappa shape index (κ1) is 15.7. The van der Waals surface area contributed by atoms with E-state index < -0.39 is 0 Å². The van der Waals surface area contributed by atoms with E-state index in [-0.39, 0.29) is 0 Å². The molecule has 0 radical (unpaired) electrons. The van der Waals surface area contributed by atoms with E-state index in [2.05, 4.69) is 20.6 Å². The fraction of sp³-hybridized carbons (Fsp3) is 0.312. The second-order valence-electron chi connectivity index (χ2n) is 5.25. The monoisotopic (exact) mass is 332 g/mol. The Labute approximate surface area is 138 Å². The van der Waals surface area contributed by atoms with Gasteiger partial charge in [-0.1, -0.05) is 21.9 Å². The molecular weight excluding hydrogens is 316 g/mol. The van der Waals surface area contributed by atoms with Gasteiger partial charge in [0.05, 0.1) is 5.69 Å². The first-order valence-corrected chi connectivity index (χ1v) is 7.72. The van der Waals surface area contributed by atoms with E-state index in [0.29, 0.717) is 29.7 Å². The molecule has 0 unspecified atom stereocenters. The molecule has 1 aromatic carbocycles. The molecule has 0 atom stereocenters. The summed E-state index contributed by atoms with van der Waals surface area (Å²) in [7, 11) is 0. The SMILES string of the molecule is Cc1noc(C)c1CNCCc1nc(-c2ccc(Cl)cc2)no1. The minimum atomic E-state index is 0.572. The number of nitrogens with one attached hydrogen (secondary N) is 1. The molecule has 0 spiro atoms. The van der Waals surface area contributed by atoms with Gasteiger partial charge >= 0.3 is 0 Å². The number of aromatic nitrogens is 3. The van der Waals surface area contributed by atoms with Gasteiger partial charge in [0.25, 0.3) is 0 Å². The molecule has 2 heterocycles. The third-order valence-electron chi connectivity index (χ3n) is 3.57. The standard InChI is InChI=1S/C16H17ClN4O2/c1-10-14(11(2)22-20-10)9-18-8-7-15-19-16(21-23-15)12-3-5-13(17)6-4-12/h3-6,18H,7-9H2,1-2H3. The third kappa shape index (κ3) is 3.78. The number of rotatable bonds is 6. The second-order valence-corrected chi connectivity index (χ2v) is 5.68. The molecule has 7 heteroatoms. The minimum Gasteiger partial charge on any atom is -0.361 e. The molecule has 0 fully saturated rings. The van der Waals surface area contributed by atoms with Crippen LogP contribution in [0.3, 0.4) is 0 Å². The highest BCUT2D eigenvalue weighted by Gasteiger charge is 2.10. The summed E-state index contributed by atoms with van der Waals surface area (Å²) < 4.78 is 10.4. The lowest BCUT2D eigenvalue weighted by Crippen LogP contribution is -2.17. The topological polar surface area (TPSA) is 77.0 Å². The minimum absolute atomic E-state index is 0.572. The molecule has 0 bridgehead atoms. The van der Waals surface area contributed by atoms with Gasteiger partial charge in [-0.25, -0.2) is 0 Å². The molecule has 0 saturated heterocycles. The van der Waals surface area contributed by atoms with E-state index in [1.165, 1.54) is 0 Å². The molecule has 0 amide bonds. The van der Waals surface area contributed by atoms with Crippen molar-refractivity contribution in [2.45, 2.75) is 26.8 Å². The fourth-order valence-electron chi connectivity index (χ4n) is 2.24. The van der Waals surface area contributed by atoms with E-state index in [0.717, 1.165) is 29.1 Å². The van der Waals surface area contributed by atoms with Gasteiger partial charge in [-0.3, -0.25) is 0 Å². The summed E-state index contributed by atoms with van der Waals surface area (Å²) in [5, 5.41) is 11.9. The van der Waals surface area contributed by atoms with Crippen LogP contribution in [-0.2, 0) is 13.0 Å². The van der Waals surface area contributed by atoms with Crippen LogP contribution in [0.25, 0.3) is 11.4 Å². The Morgan fingerprint density at radius 1 is 1.09 bits per heavy atom. The Bertz CT molecular complexity index is 760. The zero-order valence-corrected chi connectivity index (χ0v) is 13.7. The van der Waals surface area contributed by atoms with Crippen molar-refractivity contribution in [2.24, 2.45) is 0 Å². The summed E-state index contributed by atoms with van der Waals surface area (Å²) in [5.41, 5.74) is 2.89. The predicted octanol–water partition coefficient (Wildman–Crippen LogP) is 3.33. The van der Waals surface area contributed by atoms with Gasteiger partial charge in [-0.15, -0.1) is 0 Å². The van der Waals surface area contributed by atoms with Crippen LogP contribution in [0.4, 0.5) is 0 Å². The zero-order valence-electron chi connectivity index (χ0n) is 13.0. The van der Waals surface area contributed by atoms with E-state index >= 15 is 0 Å². The van der Waals surface area contributed by atoms with Crippen LogP contribution in [0.15, 0.2) is 33.3 Å². The van der Waals surface area contributed by atoms with Gasteiger partial charge in [0, 0.05) is 35.7 Å². The Balaban J connectivity index is 1.52. The van der Waals surface area contributed by atoms with E-state index in [1.807, 2.05) is 26.0 Å². The molecule has 1 N–H and O–H groups in total. The van der Waals surface area contributed by atoms with Gasteiger partial charge in [0.2, 0.25) is 11.7 Å². The average Bonchev–Trinajstić information content (AvgIpc) is 3.13. The van der Waals surface area contributed by atoms with E-state index in [1.54, 1.807) is 12.1 Å². The lowest BCUT2D eigenvalue weighted by Gasteiger charge is -2.01. The van der Waals surface area contributed by atoms with Crippen LogP contribution >= 0.6 is 11.6 Å². The number of hydrogen-bond donors (Lipinski definition) is 1. The van der Waals surface area contributed by atoms with Crippen molar-refractivity contribution in [3.05, 3.63) is 52.2 Å². The summed E-state index contributed by atoms with van der Waals surface area (Å²) in [6, 6.07) is 7.34. The molecule has 0 saturated carbocycles. The highest BCUT2D eigenvalue weighted by molar-refractivity contribution is 6.30. The summed E-state index contributed by atoms with van der Waals surface area (Å²) in [6.07, 6.45) is 0.657. The van der Waals surface area contributed by atoms with Gasteiger partial charge in [0.1, 0.15) is 5.76 Å². The Morgan fingerprint density at radius 2 is 1.87 bits per heavy atom. The van der Waals surface area contributed by atoms with Crippen LogP contribution in [-0.4, -0.2) is 21.8 Å². The van der Waals surface area contributed by atoms with Gasteiger partial charge in [-0.05, 0) is 38.1 Å². The summed E-state index contributed by atoms with van der Waals surface area (Å²) >= 11 is 5.87. The van der Waals surface area contributed by atoms with E-state index in [9.17, 15) is 0 Å². The Kier molecular flexibility index (Phi) is 4.73. The van der Waals surface area contributed by atoms with Crippen molar-refractivity contribution in [1.29, 1.82) is 0 Å². The molecule has 23 heavy (non-hydrogen) atoms. The second kappa shape index (κ2) is 6.93. The van der Waals surface area contributed by atoms with Crippen LogP contribution in [0.5, 0.6) is 0 Å². The average molecular weight is 333 g/mol. The maximum absolute atomic E-state index is 5.87. The van der Waals surface area contributed by atoms with Crippen LogP contribution in [0.1, 0.15) is 22.9 Å². The fourth-order valence-corrected chi connectivity index (χ4v) is 2.36. The molecule has 0 aliphatic heterocycles. The number of hydrogen-bond acceptors (Lipinski definition) is 6. The zero-order chi connectivity index (χ0) is 16.2. The normalized spacial score (nSPS) is 11.1. The summed E-state index contributed by atoms with van der Waals surface area (Å²) in [4.78, 5) is 4.39. The van der Waals surface area contributed by atoms with E-state index in [4.69, 9.17) is 20.6 Å². The lowest BCUT2D eigenvalue weighted by atomic mass is 10.2.